The summed E-state index contributed by atoms with van der Waals surface area (Å²) in [6, 6.07) is 14.7. The van der Waals surface area contributed by atoms with E-state index in [-0.39, 0.29) is 19.3 Å². The summed E-state index contributed by atoms with van der Waals surface area (Å²) in [6.45, 7) is 4.80. The van der Waals surface area contributed by atoms with Gasteiger partial charge in [0.25, 0.3) is 0 Å². The van der Waals surface area contributed by atoms with Crippen molar-refractivity contribution in [3.63, 3.8) is 0 Å². The number of rotatable bonds is 11. The van der Waals surface area contributed by atoms with E-state index in [9.17, 15) is 30.6 Å². The summed E-state index contributed by atoms with van der Waals surface area (Å²) in [6.07, 6.45) is -4.82. The van der Waals surface area contributed by atoms with Crippen LogP contribution in [0.25, 0.3) is 0 Å². The first-order chi connectivity index (χ1) is 14.6. The molecule has 0 aliphatic rings. The van der Waals surface area contributed by atoms with Gasteiger partial charge in [0.05, 0.1) is 12.2 Å². The van der Waals surface area contributed by atoms with E-state index in [0.717, 1.165) is 16.7 Å². The zero-order valence-corrected chi connectivity index (χ0v) is 18.6. The molecule has 2 aromatic carbocycles. The van der Waals surface area contributed by atoms with Crippen LogP contribution in [0, 0.1) is 13.8 Å². The number of benzene rings is 2. The summed E-state index contributed by atoms with van der Waals surface area (Å²) in [5, 5.41) is 64.9. The van der Waals surface area contributed by atoms with Gasteiger partial charge in [-0.1, -0.05) is 61.9 Å². The highest BCUT2D eigenvalue weighted by Gasteiger charge is 2.54. The quantitative estimate of drug-likeness (QED) is 0.319. The fourth-order valence-electron chi connectivity index (χ4n) is 4.27. The number of hydrogen-bond acceptors (Lipinski definition) is 6. The molecule has 0 bridgehead atoms. The van der Waals surface area contributed by atoms with Crippen molar-refractivity contribution in [2.75, 3.05) is 6.61 Å². The fraction of sp³-hybridized carbons (Fsp3) is 0.520. The van der Waals surface area contributed by atoms with Crippen molar-refractivity contribution in [2.45, 2.75) is 76.0 Å². The van der Waals surface area contributed by atoms with Crippen LogP contribution >= 0.6 is 0 Å². The highest BCUT2D eigenvalue weighted by atomic mass is 16.4. The Labute approximate surface area is 184 Å². The SMILES string of the molecule is CCCC(O)(Cc1ccccc1C)[C@@H](O)[C@@](O)(Cc1ccccc1C)[C@H](O)[C@@H](O)CO. The normalized spacial score (nSPS) is 18.6. The van der Waals surface area contributed by atoms with Gasteiger partial charge in [-0.15, -0.1) is 0 Å². The molecule has 5 atom stereocenters. The zero-order chi connectivity index (χ0) is 23.2. The lowest BCUT2D eigenvalue weighted by molar-refractivity contribution is -0.230. The van der Waals surface area contributed by atoms with E-state index in [1.807, 2.05) is 57.2 Å². The zero-order valence-electron chi connectivity index (χ0n) is 18.6. The molecule has 0 aliphatic carbocycles. The summed E-state index contributed by atoms with van der Waals surface area (Å²) in [5.41, 5.74) is -0.842. The predicted molar refractivity (Wildman–Crippen MR) is 120 cm³/mol. The van der Waals surface area contributed by atoms with Gasteiger partial charge < -0.3 is 30.6 Å². The Bertz CT molecular complexity index is 840. The Balaban J connectivity index is 2.52. The lowest BCUT2D eigenvalue weighted by Crippen LogP contribution is -2.66. The molecule has 0 saturated carbocycles. The first-order valence-corrected chi connectivity index (χ1v) is 10.8. The third-order valence-corrected chi connectivity index (χ3v) is 6.22. The first kappa shape index (κ1) is 25.5. The maximum atomic E-state index is 11.6. The molecular formula is C25H36O6. The van der Waals surface area contributed by atoms with E-state index in [0.29, 0.717) is 12.0 Å². The summed E-state index contributed by atoms with van der Waals surface area (Å²) < 4.78 is 0. The maximum Gasteiger partial charge on any atom is 0.126 e. The molecule has 31 heavy (non-hydrogen) atoms. The summed E-state index contributed by atoms with van der Waals surface area (Å²) >= 11 is 0. The molecule has 2 rings (SSSR count). The van der Waals surface area contributed by atoms with E-state index in [2.05, 4.69) is 0 Å². The van der Waals surface area contributed by atoms with Gasteiger partial charge in [-0.25, -0.2) is 0 Å². The van der Waals surface area contributed by atoms with Crippen molar-refractivity contribution < 1.29 is 30.6 Å². The smallest absolute Gasteiger partial charge is 0.126 e. The van der Waals surface area contributed by atoms with Crippen LogP contribution in [-0.4, -0.2) is 66.8 Å². The van der Waals surface area contributed by atoms with E-state index in [1.165, 1.54) is 0 Å². The highest BCUT2D eigenvalue weighted by Crippen LogP contribution is 2.35. The summed E-state index contributed by atoms with van der Waals surface area (Å²) in [7, 11) is 0. The first-order valence-electron chi connectivity index (χ1n) is 10.8. The lowest BCUT2D eigenvalue weighted by Gasteiger charge is -2.46. The van der Waals surface area contributed by atoms with Crippen molar-refractivity contribution in [3.05, 3.63) is 70.8 Å². The molecule has 0 fully saturated rings. The number of aliphatic hydroxyl groups excluding tert-OH is 4. The minimum atomic E-state index is -2.30. The van der Waals surface area contributed by atoms with Crippen LogP contribution in [0.15, 0.2) is 48.5 Å². The lowest BCUT2D eigenvalue weighted by atomic mass is 9.71. The molecule has 0 heterocycles. The van der Waals surface area contributed by atoms with Crippen molar-refractivity contribution in [1.82, 2.24) is 0 Å². The molecule has 6 nitrogen and oxygen atoms in total. The Morgan fingerprint density at radius 2 is 1.29 bits per heavy atom. The summed E-state index contributed by atoms with van der Waals surface area (Å²) in [4.78, 5) is 0. The number of aliphatic hydroxyl groups is 6. The number of aryl methyl sites for hydroxylation is 2. The highest BCUT2D eigenvalue weighted by molar-refractivity contribution is 5.30. The van der Waals surface area contributed by atoms with Gasteiger partial charge in [-0.05, 0) is 42.5 Å². The third-order valence-electron chi connectivity index (χ3n) is 6.22. The molecule has 0 spiro atoms. The Morgan fingerprint density at radius 3 is 1.74 bits per heavy atom. The second-order valence-electron chi connectivity index (χ2n) is 8.65. The van der Waals surface area contributed by atoms with Crippen LogP contribution in [0.2, 0.25) is 0 Å². The largest absolute Gasteiger partial charge is 0.394 e. The molecule has 0 saturated heterocycles. The van der Waals surface area contributed by atoms with Crippen molar-refractivity contribution in [1.29, 1.82) is 0 Å². The van der Waals surface area contributed by atoms with Gasteiger partial charge >= 0.3 is 0 Å². The molecule has 0 amide bonds. The Kier molecular flexibility index (Phi) is 8.77. The molecule has 172 valence electrons. The van der Waals surface area contributed by atoms with Crippen LogP contribution in [-0.2, 0) is 12.8 Å². The predicted octanol–water partition coefficient (Wildman–Crippen LogP) is 1.43. The van der Waals surface area contributed by atoms with E-state index >= 15 is 0 Å². The van der Waals surface area contributed by atoms with Crippen LogP contribution in [0.1, 0.15) is 42.0 Å². The fourth-order valence-corrected chi connectivity index (χ4v) is 4.27. The van der Waals surface area contributed by atoms with Crippen LogP contribution < -0.4 is 0 Å². The molecular weight excluding hydrogens is 396 g/mol. The minimum absolute atomic E-state index is 0.0622. The second-order valence-corrected chi connectivity index (χ2v) is 8.65. The van der Waals surface area contributed by atoms with Crippen LogP contribution in [0.3, 0.4) is 0 Å². The third kappa shape index (κ3) is 5.71. The van der Waals surface area contributed by atoms with Gasteiger partial charge in [0.15, 0.2) is 0 Å². The topological polar surface area (TPSA) is 121 Å². The van der Waals surface area contributed by atoms with E-state index < -0.39 is 36.1 Å². The van der Waals surface area contributed by atoms with Crippen molar-refractivity contribution >= 4 is 0 Å². The molecule has 6 N–H and O–H groups in total. The van der Waals surface area contributed by atoms with E-state index in [1.54, 1.807) is 12.1 Å². The van der Waals surface area contributed by atoms with Crippen molar-refractivity contribution in [2.24, 2.45) is 0 Å². The number of hydrogen-bond donors (Lipinski definition) is 6. The van der Waals surface area contributed by atoms with Gasteiger partial charge in [0.1, 0.15) is 23.9 Å². The monoisotopic (exact) mass is 432 g/mol. The average Bonchev–Trinajstić information content (AvgIpc) is 2.75. The average molecular weight is 433 g/mol. The summed E-state index contributed by atoms with van der Waals surface area (Å²) in [5.74, 6) is 0. The Hall–Kier alpha value is -1.80. The van der Waals surface area contributed by atoms with Crippen LogP contribution in [0.5, 0.6) is 0 Å². The molecule has 0 aromatic heterocycles. The molecule has 0 aliphatic heterocycles. The Morgan fingerprint density at radius 1 is 0.806 bits per heavy atom. The standard InChI is InChI=1S/C25H36O6/c1-4-13-24(30,14-19-11-7-5-9-17(19)2)23(29)25(31,22(28)21(27)16-26)15-20-12-8-6-10-18(20)3/h5-12,21-23,26-31H,4,13-16H2,1-3H3/t21-,22+,23+,24?,25+/m0/s1. The maximum absolute atomic E-state index is 11.6. The van der Waals surface area contributed by atoms with Gasteiger partial charge in [-0.2, -0.15) is 0 Å². The van der Waals surface area contributed by atoms with Crippen molar-refractivity contribution in [3.8, 4) is 0 Å². The molecule has 6 heteroatoms. The van der Waals surface area contributed by atoms with Gasteiger partial charge in [0.2, 0.25) is 0 Å². The van der Waals surface area contributed by atoms with Gasteiger partial charge in [0, 0.05) is 12.8 Å². The van der Waals surface area contributed by atoms with Crippen LogP contribution in [0.4, 0.5) is 0 Å². The second kappa shape index (κ2) is 10.7. The molecule has 2 aromatic rings. The molecule has 1 unspecified atom stereocenters. The minimum Gasteiger partial charge on any atom is -0.394 e. The van der Waals surface area contributed by atoms with E-state index in [4.69, 9.17) is 0 Å². The van der Waals surface area contributed by atoms with Gasteiger partial charge in [-0.3, -0.25) is 0 Å². The molecule has 0 radical (unpaired) electrons.